The molecule has 0 heterocycles. The van der Waals surface area contributed by atoms with Crippen LogP contribution in [0.3, 0.4) is 0 Å². The molecule has 0 saturated carbocycles. The first-order valence-corrected chi connectivity index (χ1v) is 12.2. The summed E-state index contributed by atoms with van der Waals surface area (Å²) in [5, 5.41) is 10.6. The third kappa shape index (κ3) is 9.75. The normalized spacial score (nSPS) is 13.1. The summed E-state index contributed by atoms with van der Waals surface area (Å²) in [7, 11) is 3.94. The van der Waals surface area contributed by atoms with Gasteiger partial charge in [0.1, 0.15) is 5.82 Å². The van der Waals surface area contributed by atoms with Crippen molar-refractivity contribution in [1.82, 2.24) is 4.90 Å². The summed E-state index contributed by atoms with van der Waals surface area (Å²) in [6, 6.07) is 12.2. The number of esters is 1. The molecule has 1 N–H and O–H groups in total. The van der Waals surface area contributed by atoms with E-state index in [1.165, 1.54) is 12.1 Å². The zero-order valence-corrected chi connectivity index (χ0v) is 21.4. The lowest BCUT2D eigenvalue weighted by molar-refractivity contribution is -0.151. The first-order chi connectivity index (χ1) is 16.2. The number of benzene rings is 2. The largest absolute Gasteiger partial charge is 0.466 e. The Morgan fingerprint density at radius 1 is 1.21 bits per heavy atom. The maximum absolute atomic E-state index is 14.2. The summed E-state index contributed by atoms with van der Waals surface area (Å²) >= 11 is 6.03. The average molecular weight is 492 g/mol. The Kier molecular flexibility index (Phi) is 12.0. The van der Waals surface area contributed by atoms with Crippen molar-refractivity contribution >= 4 is 24.5 Å². The molecule has 2 atom stereocenters. The van der Waals surface area contributed by atoms with Gasteiger partial charge in [0.2, 0.25) is 0 Å². The first-order valence-electron chi connectivity index (χ1n) is 11.8. The van der Waals surface area contributed by atoms with Crippen LogP contribution in [0.5, 0.6) is 0 Å². The molecule has 0 aliphatic rings. The number of halogens is 2. The summed E-state index contributed by atoms with van der Waals surface area (Å²) in [6.45, 7) is 4.95. The highest BCUT2D eigenvalue weighted by Crippen LogP contribution is 2.28. The second-order valence-corrected chi connectivity index (χ2v) is 9.48. The van der Waals surface area contributed by atoms with Gasteiger partial charge in [0.15, 0.2) is 0 Å². The quantitative estimate of drug-likeness (QED) is 0.227. The minimum absolute atomic E-state index is 0.0561. The van der Waals surface area contributed by atoms with Gasteiger partial charge in [-0.25, -0.2) is 4.39 Å². The Hall–Kier alpha value is -1.93. The predicted octanol–water partition coefficient (Wildman–Crippen LogP) is 5.07. The van der Waals surface area contributed by atoms with E-state index in [0.29, 0.717) is 43.0 Å². The van der Waals surface area contributed by atoms with E-state index < -0.39 is 12.8 Å². The van der Waals surface area contributed by atoms with Crippen LogP contribution in [0.15, 0.2) is 42.5 Å². The van der Waals surface area contributed by atoms with Gasteiger partial charge < -0.3 is 19.4 Å². The van der Waals surface area contributed by atoms with Gasteiger partial charge in [-0.1, -0.05) is 42.7 Å². The van der Waals surface area contributed by atoms with Crippen molar-refractivity contribution in [1.29, 1.82) is 0 Å². The van der Waals surface area contributed by atoms with Crippen molar-refractivity contribution in [2.75, 3.05) is 40.5 Å². The Labute approximate surface area is 208 Å². The van der Waals surface area contributed by atoms with Crippen molar-refractivity contribution in [3.05, 3.63) is 58.9 Å². The van der Waals surface area contributed by atoms with Crippen LogP contribution in [-0.2, 0) is 20.7 Å². The molecule has 0 fully saturated rings. The van der Waals surface area contributed by atoms with Crippen molar-refractivity contribution in [3.63, 3.8) is 0 Å². The Bertz CT molecular complexity index is 895. The number of hydrogen-bond acceptors (Lipinski definition) is 5. The first kappa shape index (κ1) is 28.3. The Morgan fingerprint density at radius 2 is 1.91 bits per heavy atom. The van der Waals surface area contributed by atoms with Gasteiger partial charge in [-0.15, -0.1) is 0 Å². The fourth-order valence-electron chi connectivity index (χ4n) is 3.99. The van der Waals surface area contributed by atoms with E-state index >= 15 is 0 Å². The monoisotopic (exact) mass is 491 g/mol. The van der Waals surface area contributed by atoms with E-state index in [1.807, 2.05) is 43.3 Å². The molecule has 34 heavy (non-hydrogen) atoms. The number of ether oxygens (including phenoxy) is 2. The van der Waals surface area contributed by atoms with Crippen LogP contribution in [0.2, 0.25) is 18.2 Å². The molecule has 5 nitrogen and oxygen atoms in total. The third-order valence-corrected chi connectivity index (χ3v) is 5.87. The van der Waals surface area contributed by atoms with Crippen LogP contribution in [0, 0.1) is 17.7 Å². The van der Waals surface area contributed by atoms with Gasteiger partial charge in [-0.05, 0) is 75.4 Å². The topological polar surface area (TPSA) is 59.0 Å². The molecule has 2 rings (SSSR count). The van der Waals surface area contributed by atoms with E-state index in [9.17, 15) is 14.2 Å². The predicted molar refractivity (Wildman–Crippen MR) is 137 cm³/mol. The fraction of sp³-hybridized carbons (Fsp3) is 0.500. The molecule has 0 amide bonds. The van der Waals surface area contributed by atoms with Crippen LogP contribution in [0.1, 0.15) is 18.9 Å². The molecule has 186 valence electrons. The van der Waals surface area contributed by atoms with E-state index in [-0.39, 0.29) is 24.3 Å². The number of hydrogen-bond donors (Lipinski definition) is 1. The number of carbonyl (C=O) groups is 1. The zero-order valence-electron chi connectivity index (χ0n) is 20.6. The number of rotatable bonds is 14. The molecule has 0 spiro atoms. The molecule has 0 bridgehead atoms. The minimum atomic E-state index is -0.498. The van der Waals surface area contributed by atoms with Crippen molar-refractivity contribution in [2.45, 2.75) is 32.9 Å². The molecule has 0 radical (unpaired) electrons. The molecular weight excluding hydrogens is 456 g/mol. The number of carbonyl (C=O) groups excluding carboxylic acids is 1. The van der Waals surface area contributed by atoms with E-state index in [1.54, 1.807) is 19.8 Å². The van der Waals surface area contributed by atoms with Crippen molar-refractivity contribution in [3.8, 4) is 11.1 Å². The van der Waals surface area contributed by atoms with Gasteiger partial charge in [0.05, 0.1) is 25.7 Å². The third-order valence-electron chi connectivity index (χ3n) is 5.63. The van der Waals surface area contributed by atoms with Gasteiger partial charge in [0, 0.05) is 17.1 Å². The molecule has 2 aromatic rings. The second-order valence-electron chi connectivity index (χ2n) is 9.04. The standard InChI is InChI=1S/C26H36BClFNO4/c1-5-34-26(31)22(18-33-13-12-30(3)4)15-20(17-27(2)32)14-19-6-8-21(9-7-19)24-16-23(28)10-11-25(24)29/h6-11,16,20,22,32H,5,12-15,17-18H2,1-4H3/t20-,22+/m1/s1. The maximum Gasteiger partial charge on any atom is 0.311 e. The van der Waals surface area contributed by atoms with Crippen molar-refractivity contribution in [2.24, 2.45) is 11.8 Å². The zero-order chi connectivity index (χ0) is 25.1. The Balaban J connectivity index is 2.11. The molecule has 0 saturated heterocycles. The summed E-state index contributed by atoms with van der Waals surface area (Å²) in [4.78, 5) is 14.6. The molecule has 0 aromatic heterocycles. The maximum atomic E-state index is 14.2. The summed E-state index contributed by atoms with van der Waals surface area (Å²) in [6.07, 6.45) is 1.78. The summed E-state index contributed by atoms with van der Waals surface area (Å²) in [5.74, 6) is -0.934. The highest BCUT2D eigenvalue weighted by atomic mass is 35.5. The lowest BCUT2D eigenvalue weighted by Gasteiger charge is -2.23. The van der Waals surface area contributed by atoms with Crippen LogP contribution < -0.4 is 0 Å². The smallest absolute Gasteiger partial charge is 0.311 e. The van der Waals surface area contributed by atoms with Gasteiger partial charge in [0.25, 0.3) is 6.92 Å². The fourth-order valence-corrected chi connectivity index (χ4v) is 4.16. The van der Waals surface area contributed by atoms with Crippen LogP contribution in [0.4, 0.5) is 4.39 Å². The van der Waals surface area contributed by atoms with Gasteiger partial charge >= 0.3 is 5.97 Å². The summed E-state index contributed by atoms with van der Waals surface area (Å²) in [5.41, 5.74) is 2.25. The van der Waals surface area contributed by atoms with E-state index in [4.69, 9.17) is 21.1 Å². The highest BCUT2D eigenvalue weighted by molar-refractivity contribution is 6.48. The van der Waals surface area contributed by atoms with Crippen LogP contribution in [-0.4, -0.2) is 63.3 Å². The van der Waals surface area contributed by atoms with Crippen molar-refractivity contribution < 1.29 is 23.7 Å². The molecule has 0 aliphatic carbocycles. The lowest BCUT2D eigenvalue weighted by Crippen LogP contribution is -2.29. The molecule has 0 aliphatic heterocycles. The molecule has 8 heteroatoms. The molecular formula is C26H36BClFNO4. The van der Waals surface area contributed by atoms with Crippen LogP contribution >= 0.6 is 11.6 Å². The highest BCUT2D eigenvalue weighted by Gasteiger charge is 2.26. The Morgan fingerprint density at radius 3 is 2.53 bits per heavy atom. The minimum Gasteiger partial charge on any atom is -0.466 e. The van der Waals surface area contributed by atoms with Gasteiger partial charge in [-0.2, -0.15) is 0 Å². The molecule has 0 unspecified atom stereocenters. The lowest BCUT2D eigenvalue weighted by atomic mass is 9.62. The van der Waals surface area contributed by atoms with E-state index in [0.717, 1.165) is 17.7 Å². The van der Waals surface area contributed by atoms with Crippen LogP contribution in [0.25, 0.3) is 11.1 Å². The number of nitrogens with zero attached hydrogens (tertiary/aromatic N) is 1. The summed E-state index contributed by atoms with van der Waals surface area (Å²) < 4.78 is 25.3. The van der Waals surface area contributed by atoms with E-state index in [2.05, 4.69) is 0 Å². The average Bonchev–Trinajstić information content (AvgIpc) is 2.77. The van der Waals surface area contributed by atoms with Gasteiger partial charge in [-0.3, -0.25) is 4.79 Å². The number of likely N-dealkylation sites (N-methyl/N-ethyl adjacent to an activating group) is 1. The second kappa shape index (κ2) is 14.5. The molecule has 2 aromatic carbocycles. The SMILES string of the molecule is CCOC(=O)[C@H](COCCN(C)C)C[C@H](CB(C)O)Cc1ccc(-c2cc(Cl)ccc2F)cc1.